The van der Waals surface area contributed by atoms with Gasteiger partial charge in [0.25, 0.3) is 0 Å². The van der Waals surface area contributed by atoms with Crippen molar-refractivity contribution in [3.05, 3.63) is 35.0 Å². The van der Waals surface area contributed by atoms with Gasteiger partial charge in [-0.05, 0) is 38.1 Å². The molecule has 0 N–H and O–H groups in total. The van der Waals surface area contributed by atoms with Crippen LogP contribution in [0.15, 0.2) is 28.9 Å². The summed E-state index contributed by atoms with van der Waals surface area (Å²) in [7, 11) is 0. The van der Waals surface area contributed by atoms with Gasteiger partial charge in [0, 0.05) is 17.5 Å². The molecule has 90 valence electrons. The molecule has 1 aromatic heterocycles. The zero-order chi connectivity index (χ0) is 11.7. The number of hydrogen-bond donors (Lipinski definition) is 0. The maximum atomic E-state index is 6.24. The van der Waals surface area contributed by atoms with Gasteiger partial charge >= 0.3 is 0 Å². The van der Waals surface area contributed by atoms with Crippen molar-refractivity contribution in [2.24, 2.45) is 0 Å². The fourth-order valence-corrected chi connectivity index (χ4v) is 2.87. The van der Waals surface area contributed by atoms with Gasteiger partial charge < -0.3 is 4.42 Å². The van der Waals surface area contributed by atoms with E-state index in [9.17, 15) is 0 Å². The molecule has 0 aliphatic carbocycles. The lowest BCUT2D eigenvalue weighted by Crippen LogP contribution is -2.28. The number of benzene rings is 1. The van der Waals surface area contributed by atoms with Crippen LogP contribution in [0.3, 0.4) is 0 Å². The third kappa shape index (κ3) is 2.20. The van der Waals surface area contributed by atoms with E-state index < -0.39 is 0 Å². The molecule has 1 aromatic carbocycles. The molecule has 0 amide bonds. The SMILES string of the molecule is Clc1cccc2occ(CN3CCCCC3)c12. The molecule has 0 bridgehead atoms. The Morgan fingerprint density at radius 3 is 2.82 bits per heavy atom. The third-order valence-corrected chi connectivity index (χ3v) is 3.78. The second kappa shape index (κ2) is 4.71. The Kier molecular flexibility index (Phi) is 3.08. The Morgan fingerprint density at radius 1 is 1.18 bits per heavy atom. The summed E-state index contributed by atoms with van der Waals surface area (Å²) in [6.07, 6.45) is 5.83. The normalized spacial score (nSPS) is 17.7. The summed E-state index contributed by atoms with van der Waals surface area (Å²) < 4.78 is 5.56. The molecular weight excluding hydrogens is 234 g/mol. The maximum absolute atomic E-state index is 6.24. The zero-order valence-corrected chi connectivity index (χ0v) is 10.5. The van der Waals surface area contributed by atoms with Crippen LogP contribution in [-0.4, -0.2) is 18.0 Å². The van der Waals surface area contributed by atoms with E-state index >= 15 is 0 Å². The zero-order valence-electron chi connectivity index (χ0n) is 9.79. The van der Waals surface area contributed by atoms with Gasteiger partial charge in [-0.1, -0.05) is 24.1 Å². The Bertz CT molecular complexity index is 514. The second-order valence-electron chi connectivity index (χ2n) is 4.71. The summed E-state index contributed by atoms with van der Waals surface area (Å²) in [5, 5.41) is 1.88. The molecule has 2 nitrogen and oxygen atoms in total. The molecule has 1 aliphatic rings. The molecule has 0 saturated carbocycles. The number of rotatable bonds is 2. The van der Waals surface area contributed by atoms with Crippen LogP contribution in [0.2, 0.25) is 5.02 Å². The molecule has 1 saturated heterocycles. The molecule has 3 rings (SSSR count). The highest BCUT2D eigenvalue weighted by atomic mass is 35.5. The van der Waals surface area contributed by atoms with Crippen LogP contribution < -0.4 is 0 Å². The van der Waals surface area contributed by atoms with E-state index in [1.807, 2.05) is 24.5 Å². The number of hydrogen-bond acceptors (Lipinski definition) is 2. The van der Waals surface area contributed by atoms with Gasteiger partial charge in [0.15, 0.2) is 0 Å². The summed E-state index contributed by atoms with van der Waals surface area (Å²) in [5.41, 5.74) is 2.11. The average Bonchev–Trinajstić information content (AvgIpc) is 2.75. The third-order valence-electron chi connectivity index (χ3n) is 3.47. The molecule has 0 unspecified atom stereocenters. The van der Waals surface area contributed by atoms with Gasteiger partial charge in [0.1, 0.15) is 5.58 Å². The quantitative estimate of drug-likeness (QED) is 0.798. The predicted octanol–water partition coefficient (Wildman–Crippen LogP) is 4.07. The first-order chi connectivity index (χ1) is 8.34. The topological polar surface area (TPSA) is 16.4 Å². The van der Waals surface area contributed by atoms with Crippen molar-refractivity contribution in [3.63, 3.8) is 0 Å². The predicted molar refractivity (Wildman–Crippen MR) is 70.4 cm³/mol. The lowest BCUT2D eigenvalue weighted by atomic mass is 10.1. The first-order valence-electron chi connectivity index (χ1n) is 6.21. The molecule has 3 heteroatoms. The Balaban J connectivity index is 1.89. The van der Waals surface area contributed by atoms with E-state index in [1.54, 1.807) is 0 Å². The number of halogens is 1. The van der Waals surface area contributed by atoms with Crippen molar-refractivity contribution in [3.8, 4) is 0 Å². The van der Waals surface area contributed by atoms with E-state index in [1.165, 1.54) is 37.9 Å². The first kappa shape index (κ1) is 11.1. The Hall–Kier alpha value is -0.990. The van der Waals surface area contributed by atoms with Crippen molar-refractivity contribution in [1.29, 1.82) is 0 Å². The highest BCUT2D eigenvalue weighted by Crippen LogP contribution is 2.29. The van der Waals surface area contributed by atoms with Crippen LogP contribution in [0, 0.1) is 0 Å². The number of furan rings is 1. The lowest BCUT2D eigenvalue weighted by Gasteiger charge is -2.25. The molecule has 17 heavy (non-hydrogen) atoms. The van der Waals surface area contributed by atoms with Gasteiger partial charge in [0.05, 0.1) is 11.3 Å². The standard InChI is InChI=1S/C14H16ClNO/c15-12-5-4-6-13-14(12)11(10-17-13)9-16-7-2-1-3-8-16/h4-6,10H,1-3,7-9H2. The first-order valence-corrected chi connectivity index (χ1v) is 6.59. The number of nitrogens with zero attached hydrogens (tertiary/aromatic N) is 1. The van der Waals surface area contributed by atoms with Gasteiger partial charge in [-0.15, -0.1) is 0 Å². The van der Waals surface area contributed by atoms with Gasteiger partial charge in [-0.25, -0.2) is 0 Å². The monoisotopic (exact) mass is 249 g/mol. The summed E-state index contributed by atoms with van der Waals surface area (Å²) in [5.74, 6) is 0. The number of likely N-dealkylation sites (tertiary alicyclic amines) is 1. The van der Waals surface area contributed by atoms with Gasteiger partial charge in [0.2, 0.25) is 0 Å². The minimum absolute atomic E-state index is 0.795. The van der Waals surface area contributed by atoms with Crippen LogP contribution in [0.5, 0.6) is 0 Å². The van der Waals surface area contributed by atoms with Gasteiger partial charge in [-0.3, -0.25) is 4.90 Å². The summed E-state index contributed by atoms with van der Waals surface area (Å²) in [4.78, 5) is 2.48. The van der Waals surface area contributed by atoms with Crippen LogP contribution in [0.25, 0.3) is 11.0 Å². The number of piperidine rings is 1. The highest BCUT2D eigenvalue weighted by Gasteiger charge is 2.15. The van der Waals surface area contributed by atoms with Crippen LogP contribution in [-0.2, 0) is 6.54 Å². The molecule has 0 spiro atoms. The molecular formula is C14H16ClNO. The maximum Gasteiger partial charge on any atom is 0.135 e. The summed E-state index contributed by atoms with van der Waals surface area (Å²) in [6, 6.07) is 5.83. The fourth-order valence-electron chi connectivity index (χ4n) is 2.58. The van der Waals surface area contributed by atoms with E-state index in [2.05, 4.69) is 4.90 Å². The van der Waals surface area contributed by atoms with Crippen LogP contribution in [0.4, 0.5) is 0 Å². The molecule has 1 fully saturated rings. The average molecular weight is 250 g/mol. The van der Waals surface area contributed by atoms with E-state index in [4.69, 9.17) is 16.0 Å². The summed E-state index contributed by atoms with van der Waals surface area (Å²) in [6.45, 7) is 3.34. The fraction of sp³-hybridized carbons (Fsp3) is 0.429. The van der Waals surface area contributed by atoms with Crippen molar-refractivity contribution < 1.29 is 4.42 Å². The summed E-state index contributed by atoms with van der Waals surface area (Å²) >= 11 is 6.24. The molecule has 2 aromatic rings. The van der Waals surface area contributed by atoms with Crippen molar-refractivity contribution >= 4 is 22.6 Å². The van der Waals surface area contributed by atoms with Gasteiger partial charge in [-0.2, -0.15) is 0 Å². The molecule has 2 heterocycles. The van der Waals surface area contributed by atoms with Crippen molar-refractivity contribution in [2.45, 2.75) is 25.8 Å². The van der Waals surface area contributed by atoms with Crippen molar-refractivity contribution in [2.75, 3.05) is 13.1 Å². The van der Waals surface area contributed by atoms with Crippen molar-refractivity contribution in [1.82, 2.24) is 4.90 Å². The molecule has 0 radical (unpaired) electrons. The van der Waals surface area contributed by atoms with E-state index in [0.717, 1.165) is 22.5 Å². The highest BCUT2D eigenvalue weighted by molar-refractivity contribution is 6.35. The van der Waals surface area contributed by atoms with E-state index in [0.29, 0.717) is 0 Å². The van der Waals surface area contributed by atoms with E-state index in [-0.39, 0.29) is 0 Å². The largest absolute Gasteiger partial charge is 0.464 e. The Morgan fingerprint density at radius 2 is 2.00 bits per heavy atom. The molecule has 1 aliphatic heterocycles. The van der Waals surface area contributed by atoms with Crippen LogP contribution in [0.1, 0.15) is 24.8 Å². The minimum atomic E-state index is 0.795. The number of fused-ring (bicyclic) bond motifs is 1. The minimum Gasteiger partial charge on any atom is -0.464 e. The second-order valence-corrected chi connectivity index (χ2v) is 5.12. The van der Waals surface area contributed by atoms with Crippen LogP contribution >= 0.6 is 11.6 Å². The Labute approximate surface area is 106 Å². The smallest absolute Gasteiger partial charge is 0.135 e. The lowest BCUT2D eigenvalue weighted by molar-refractivity contribution is 0.221. The molecule has 0 atom stereocenters.